The van der Waals surface area contributed by atoms with Gasteiger partial charge < -0.3 is 10.2 Å². The lowest BCUT2D eigenvalue weighted by Crippen LogP contribution is -2.42. The molecule has 6 nitrogen and oxygen atoms in total. The van der Waals surface area contributed by atoms with Crippen molar-refractivity contribution in [1.29, 1.82) is 5.26 Å². The molecule has 0 aromatic heterocycles. The zero-order valence-electron chi connectivity index (χ0n) is 19.4. The average molecular weight is 421 g/mol. The number of nitriles is 1. The third-order valence-electron chi connectivity index (χ3n) is 5.03. The van der Waals surface area contributed by atoms with Crippen molar-refractivity contribution in [3.63, 3.8) is 0 Å². The third-order valence-corrected chi connectivity index (χ3v) is 5.03. The maximum atomic E-state index is 13.0. The number of amides is 2. The van der Waals surface area contributed by atoms with E-state index in [-0.39, 0.29) is 31.3 Å². The van der Waals surface area contributed by atoms with Crippen LogP contribution < -0.4 is 10.2 Å². The number of carbonyl (C=O) groups is 2. The number of aryl methyl sites for hydroxylation is 5. The van der Waals surface area contributed by atoms with Gasteiger partial charge in [0.2, 0.25) is 11.8 Å². The van der Waals surface area contributed by atoms with Crippen LogP contribution in [-0.2, 0) is 9.59 Å². The smallest absolute Gasteiger partial charge is 0.241 e. The molecular formula is C25H32N4O2. The fraction of sp³-hybridized carbons (Fsp3) is 0.400. The van der Waals surface area contributed by atoms with Crippen molar-refractivity contribution in [1.82, 2.24) is 4.90 Å². The Labute approximate surface area is 185 Å². The Balaban J connectivity index is 2.06. The largest absolute Gasteiger partial charge is 0.324 e. The topological polar surface area (TPSA) is 76.4 Å². The van der Waals surface area contributed by atoms with Gasteiger partial charge in [0.15, 0.2) is 0 Å². The van der Waals surface area contributed by atoms with Crippen molar-refractivity contribution in [2.45, 2.75) is 41.0 Å². The van der Waals surface area contributed by atoms with E-state index < -0.39 is 0 Å². The van der Waals surface area contributed by atoms with E-state index in [1.54, 1.807) is 16.8 Å². The highest BCUT2D eigenvalue weighted by Crippen LogP contribution is 2.22. The molecule has 2 rings (SSSR count). The normalized spacial score (nSPS) is 10.6. The fourth-order valence-electron chi connectivity index (χ4n) is 3.84. The third kappa shape index (κ3) is 6.94. The van der Waals surface area contributed by atoms with Crippen LogP contribution in [0.1, 0.15) is 34.2 Å². The lowest BCUT2D eigenvalue weighted by Gasteiger charge is -2.25. The van der Waals surface area contributed by atoms with Gasteiger partial charge in [0.25, 0.3) is 0 Å². The molecule has 0 fully saturated rings. The number of rotatable bonds is 8. The van der Waals surface area contributed by atoms with Crippen LogP contribution in [0, 0.1) is 45.9 Å². The average Bonchev–Trinajstić information content (AvgIpc) is 2.64. The summed E-state index contributed by atoms with van der Waals surface area (Å²) in [5.41, 5.74) is 6.90. The van der Waals surface area contributed by atoms with E-state index in [1.807, 2.05) is 65.0 Å². The van der Waals surface area contributed by atoms with Gasteiger partial charge in [-0.3, -0.25) is 14.5 Å². The van der Waals surface area contributed by atoms with E-state index in [0.717, 1.165) is 39.2 Å². The molecule has 0 heterocycles. The zero-order chi connectivity index (χ0) is 23.1. The summed E-state index contributed by atoms with van der Waals surface area (Å²) >= 11 is 0. The van der Waals surface area contributed by atoms with Crippen molar-refractivity contribution >= 4 is 23.2 Å². The molecule has 0 bridgehead atoms. The van der Waals surface area contributed by atoms with E-state index in [4.69, 9.17) is 5.26 Å². The predicted molar refractivity (Wildman–Crippen MR) is 125 cm³/mol. The summed E-state index contributed by atoms with van der Waals surface area (Å²) in [7, 11) is 1.75. The number of likely N-dealkylation sites (N-methyl/N-ethyl adjacent to an activating group) is 1. The number of hydrogen-bond donors (Lipinski definition) is 1. The monoisotopic (exact) mass is 420 g/mol. The minimum absolute atomic E-state index is 0.0811. The van der Waals surface area contributed by atoms with Crippen LogP contribution in [0.15, 0.2) is 30.3 Å². The van der Waals surface area contributed by atoms with Crippen molar-refractivity contribution < 1.29 is 9.59 Å². The van der Waals surface area contributed by atoms with Gasteiger partial charge >= 0.3 is 0 Å². The van der Waals surface area contributed by atoms with E-state index in [2.05, 4.69) is 11.4 Å². The van der Waals surface area contributed by atoms with Gasteiger partial charge in [-0.05, 0) is 76.1 Å². The Morgan fingerprint density at radius 3 is 2.00 bits per heavy atom. The molecule has 0 radical (unpaired) electrons. The summed E-state index contributed by atoms with van der Waals surface area (Å²) in [6.45, 7) is 10.4. The molecule has 164 valence electrons. The number of nitrogens with one attached hydrogen (secondary N) is 1. The molecule has 2 aromatic rings. The van der Waals surface area contributed by atoms with Gasteiger partial charge in [-0.25, -0.2) is 0 Å². The van der Waals surface area contributed by atoms with Crippen molar-refractivity contribution in [2.24, 2.45) is 0 Å². The van der Waals surface area contributed by atoms with Crippen LogP contribution in [-0.4, -0.2) is 43.4 Å². The van der Waals surface area contributed by atoms with Gasteiger partial charge in [0.1, 0.15) is 0 Å². The van der Waals surface area contributed by atoms with E-state index in [9.17, 15) is 9.59 Å². The summed E-state index contributed by atoms with van der Waals surface area (Å²) < 4.78 is 0. The molecule has 6 heteroatoms. The minimum Gasteiger partial charge on any atom is -0.324 e. The lowest BCUT2D eigenvalue weighted by molar-refractivity contribution is -0.121. The Kier molecular flexibility index (Phi) is 8.35. The number of benzene rings is 2. The van der Waals surface area contributed by atoms with Gasteiger partial charge in [-0.1, -0.05) is 23.8 Å². The van der Waals surface area contributed by atoms with Crippen LogP contribution in [0.3, 0.4) is 0 Å². The lowest BCUT2D eigenvalue weighted by atomic mass is 10.1. The number of carbonyl (C=O) groups excluding carboxylic acids is 2. The first-order valence-corrected chi connectivity index (χ1v) is 10.4. The first-order chi connectivity index (χ1) is 14.6. The van der Waals surface area contributed by atoms with Crippen LogP contribution >= 0.6 is 0 Å². The van der Waals surface area contributed by atoms with Crippen molar-refractivity contribution in [2.75, 3.05) is 36.9 Å². The molecule has 2 amide bonds. The summed E-state index contributed by atoms with van der Waals surface area (Å²) in [6.07, 6.45) is 0.245. The SMILES string of the molecule is Cc1cc(C)cc(N(CCC#N)C(=O)CN(C)CC(=O)Nc2c(C)cc(C)cc2C)c1. The molecule has 0 aliphatic carbocycles. The Bertz CT molecular complexity index is 964. The highest BCUT2D eigenvalue weighted by atomic mass is 16.2. The van der Waals surface area contributed by atoms with Crippen molar-refractivity contribution in [3.05, 3.63) is 58.1 Å². The summed E-state index contributed by atoms with van der Waals surface area (Å²) in [6, 6.07) is 12.1. The molecule has 0 unspecified atom stereocenters. The van der Waals surface area contributed by atoms with Gasteiger partial charge in [0, 0.05) is 17.9 Å². The summed E-state index contributed by atoms with van der Waals surface area (Å²) in [5, 5.41) is 12.0. The quantitative estimate of drug-likeness (QED) is 0.699. The van der Waals surface area contributed by atoms with Crippen LogP contribution in [0.4, 0.5) is 11.4 Å². The molecule has 0 atom stereocenters. The molecule has 2 aromatic carbocycles. The molecule has 1 N–H and O–H groups in total. The number of hydrogen-bond acceptors (Lipinski definition) is 4. The zero-order valence-corrected chi connectivity index (χ0v) is 19.4. The minimum atomic E-state index is -0.166. The second kappa shape index (κ2) is 10.7. The summed E-state index contributed by atoms with van der Waals surface area (Å²) in [5.74, 6) is -0.307. The molecule has 0 aliphatic heterocycles. The maximum absolute atomic E-state index is 13.0. The molecule has 31 heavy (non-hydrogen) atoms. The first kappa shape index (κ1) is 24.1. The Morgan fingerprint density at radius 1 is 0.903 bits per heavy atom. The first-order valence-electron chi connectivity index (χ1n) is 10.4. The van der Waals surface area contributed by atoms with Crippen LogP contribution in [0.25, 0.3) is 0 Å². The van der Waals surface area contributed by atoms with Crippen LogP contribution in [0.2, 0.25) is 0 Å². The standard InChI is InChI=1S/C25H32N4O2/c1-17-10-18(2)14-22(13-17)29(9-7-8-26)24(31)16-28(6)15-23(30)27-25-20(4)11-19(3)12-21(25)5/h10-14H,7,9,15-16H2,1-6H3,(H,27,30). The Morgan fingerprint density at radius 2 is 1.45 bits per heavy atom. The van der Waals surface area contributed by atoms with E-state index in [1.165, 1.54) is 0 Å². The molecule has 0 saturated heterocycles. The fourth-order valence-corrected chi connectivity index (χ4v) is 3.84. The van der Waals surface area contributed by atoms with Gasteiger partial charge in [0.05, 0.1) is 25.6 Å². The number of nitrogens with zero attached hydrogens (tertiary/aromatic N) is 3. The molecule has 0 spiro atoms. The van der Waals surface area contributed by atoms with Crippen LogP contribution in [0.5, 0.6) is 0 Å². The molecule has 0 aliphatic rings. The maximum Gasteiger partial charge on any atom is 0.241 e. The second-order valence-corrected chi connectivity index (χ2v) is 8.29. The predicted octanol–water partition coefficient (Wildman–Crippen LogP) is 4.05. The molecular weight excluding hydrogens is 388 g/mol. The summed E-state index contributed by atoms with van der Waals surface area (Å²) in [4.78, 5) is 28.9. The highest BCUT2D eigenvalue weighted by Gasteiger charge is 2.19. The molecule has 0 saturated carbocycles. The Hall–Kier alpha value is -3.17. The van der Waals surface area contributed by atoms with Gasteiger partial charge in [-0.2, -0.15) is 5.26 Å². The van der Waals surface area contributed by atoms with E-state index >= 15 is 0 Å². The highest BCUT2D eigenvalue weighted by molar-refractivity contribution is 5.96. The van der Waals surface area contributed by atoms with E-state index in [0.29, 0.717) is 6.54 Å². The van der Waals surface area contributed by atoms with Gasteiger partial charge in [-0.15, -0.1) is 0 Å². The van der Waals surface area contributed by atoms with Crippen molar-refractivity contribution in [3.8, 4) is 6.07 Å². The second-order valence-electron chi connectivity index (χ2n) is 8.29. The number of anilines is 2.